The highest BCUT2D eigenvalue weighted by Crippen LogP contribution is 2.06. The molecule has 0 N–H and O–H groups in total. The monoisotopic (exact) mass is 138 g/mol. The largest absolute Gasteiger partial charge is 0.347 e. The topological polar surface area (TPSA) is 3.24 Å². The molecule has 0 aliphatic rings. The number of hydrogen-bond acceptors (Lipinski definition) is 1. The molecule has 0 aromatic rings. The van der Waals surface area contributed by atoms with Crippen LogP contribution < -0.4 is 0 Å². The fourth-order valence-electron chi connectivity index (χ4n) is 0.669. The minimum atomic E-state index is 1.27. The van der Waals surface area contributed by atoms with Crippen LogP contribution in [0.5, 0.6) is 0 Å². The number of hydrogen-bond donors (Lipinski definition) is 0. The summed E-state index contributed by atoms with van der Waals surface area (Å²) in [6.07, 6.45) is 8.12. The first-order valence-corrected chi connectivity index (χ1v) is 3.56. The van der Waals surface area contributed by atoms with Gasteiger partial charge in [-0.1, -0.05) is 12.2 Å². The molecule has 0 atom stereocenters. The summed E-state index contributed by atoms with van der Waals surface area (Å²) in [5.74, 6) is 0. The van der Waals surface area contributed by atoms with E-state index in [9.17, 15) is 0 Å². The number of allylic oxidation sites excluding steroid dienone is 2. The van der Waals surface area contributed by atoms with Crippen molar-refractivity contribution < 1.29 is 0 Å². The van der Waals surface area contributed by atoms with E-state index in [0.717, 1.165) is 0 Å². The molecule has 0 bridgehead atoms. The molecule has 1 radical (unpaired) electrons. The smallest absolute Gasteiger partial charge is 0.0612 e. The van der Waals surface area contributed by atoms with Crippen molar-refractivity contribution in [2.24, 2.45) is 0 Å². The molecule has 10 heavy (non-hydrogen) atoms. The molecule has 0 amide bonds. The van der Waals surface area contributed by atoms with Gasteiger partial charge in [0.2, 0.25) is 0 Å². The van der Waals surface area contributed by atoms with Gasteiger partial charge in [-0.05, 0) is 40.1 Å². The maximum absolute atomic E-state index is 2.08. The van der Waals surface area contributed by atoms with Gasteiger partial charge in [-0.2, -0.15) is 0 Å². The standard InChI is InChI=1S/C9H16N/c1-5-7-10(8-6-2)9(3)4/h5-8H,1-4H3. The summed E-state index contributed by atoms with van der Waals surface area (Å²) in [5, 5.41) is 0. The third kappa shape index (κ3) is 3.33. The van der Waals surface area contributed by atoms with E-state index in [-0.39, 0.29) is 0 Å². The van der Waals surface area contributed by atoms with Crippen LogP contribution >= 0.6 is 0 Å². The number of nitrogens with zero attached hydrogens (tertiary/aromatic N) is 1. The maximum atomic E-state index is 2.08. The first kappa shape index (κ1) is 9.28. The quantitative estimate of drug-likeness (QED) is 0.579. The Labute approximate surface area is 64.0 Å². The molecule has 0 aromatic carbocycles. The minimum absolute atomic E-state index is 1.27. The Bertz CT molecular complexity index is 111. The van der Waals surface area contributed by atoms with E-state index in [0.29, 0.717) is 0 Å². The van der Waals surface area contributed by atoms with Gasteiger partial charge in [-0.15, -0.1) is 0 Å². The maximum Gasteiger partial charge on any atom is 0.0612 e. The molecule has 1 nitrogen and oxygen atoms in total. The summed E-state index contributed by atoms with van der Waals surface area (Å²) in [7, 11) is 0. The molecule has 0 saturated heterocycles. The predicted octanol–water partition coefficient (Wildman–Crippen LogP) is 2.93. The van der Waals surface area contributed by atoms with Crippen molar-refractivity contribution in [2.75, 3.05) is 0 Å². The zero-order chi connectivity index (χ0) is 7.98. The summed E-state index contributed by atoms with van der Waals surface area (Å²) in [6.45, 7) is 8.19. The van der Waals surface area contributed by atoms with Crippen molar-refractivity contribution in [2.45, 2.75) is 27.7 Å². The van der Waals surface area contributed by atoms with Gasteiger partial charge in [0.25, 0.3) is 0 Å². The third-order valence-electron chi connectivity index (χ3n) is 1.14. The molecule has 57 valence electrons. The van der Waals surface area contributed by atoms with Crippen LogP contribution in [0.25, 0.3) is 0 Å². The molecule has 0 unspecified atom stereocenters. The van der Waals surface area contributed by atoms with Crippen molar-refractivity contribution in [1.82, 2.24) is 4.90 Å². The van der Waals surface area contributed by atoms with E-state index < -0.39 is 0 Å². The zero-order valence-corrected chi connectivity index (χ0v) is 7.26. The lowest BCUT2D eigenvalue weighted by molar-refractivity contribution is 0.532. The van der Waals surface area contributed by atoms with Gasteiger partial charge < -0.3 is 4.90 Å². The lowest BCUT2D eigenvalue weighted by Gasteiger charge is -2.18. The van der Waals surface area contributed by atoms with E-state index in [1.54, 1.807) is 0 Å². The highest BCUT2D eigenvalue weighted by atomic mass is 15.1. The van der Waals surface area contributed by atoms with Crippen LogP contribution in [-0.4, -0.2) is 4.90 Å². The Hall–Kier alpha value is -0.720. The van der Waals surface area contributed by atoms with Gasteiger partial charge >= 0.3 is 0 Å². The summed E-state index contributed by atoms with van der Waals surface area (Å²) < 4.78 is 0. The van der Waals surface area contributed by atoms with Crippen LogP contribution in [0.15, 0.2) is 24.6 Å². The fraction of sp³-hybridized carbons (Fsp3) is 0.444. The predicted molar refractivity (Wildman–Crippen MR) is 46.1 cm³/mol. The molecule has 0 aromatic heterocycles. The molecule has 0 fully saturated rings. The normalized spacial score (nSPS) is 12.1. The first-order valence-electron chi connectivity index (χ1n) is 3.56. The molecule has 0 aliphatic heterocycles. The molecule has 0 aliphatic carbocycles. The Morgan fingerprint density at radius 3 is 1.60 bits per heavy atom. The van der Waals surface area contributed by atoms with E-state index in [1.807, 2.05) is 38.4 Å². The highest BCUT2D eigenvalue weighted by Gasteiger charge is 1.97. The zero-order valence-electron chi connectivity index (χ0n) is 7.26. The number of rotatable bonds is 3. The van der Waals surface area contributed by atoms with E-state index in [1.165, 1.54) is 6.04 Å². The average Bonchev–Trinajstić information content (AvgIpc) is 1.87. The summed E-state index contributed by atoms with van der Waals surface area (Å²) in [5.41, 5.74) is 0. The average molecular weight is 138 g/mol. The van der Waals surface area contributed by atoms with Crippen molar-refractivity contribution in [3.05, 3.63) is 30.6 Å². The summed E-state index contributed by atoms with van der Waals surface area (Å²) >= 11 is 0. The van der Waals surface area contributed by atoms with Crippen molar-refractivity contribution in [3.8, 4) is 0 Å². The van der Waals surface area contributed by atoms with Crippen LogP contribution in [0, 0.1) is 6.04 Å². The first-order chi connectivity index (χ1) is 4.72. The fourth-order valence-corrected chi connectivity index (χ4v) is 0.669. The van der Waals surface area contributed by atoms with Gasteiger partial charge in [-0.3, -0.25) is 0 Å². The molecule has 1 heteroatoms. The van der Waals surface area contributed by atoms with E-state index in [4.69, 9.17) is 0 Å². The molecular weight excluding hydrogens is 122 g/mol. The van der Waals surface area contributed by atoms with Crippen LogP contribution in [0.3, 0.4) is 0 Å². The van der Waals surface area contributed by atoms with E-state index in [2.05, 4.69) is 18.7 Å². The molecule has 0 saturated carbocycles. The van der Waals surface area contributed by atoms with Crippen LogP contribution in [-0.2, 0) is 0 Å². The molecular formula is C9H16N. The van der Waals surface area contributed by atoms with Crippen molar-refractivity contribution >= 4 is 0 Å². The third-order valence-corrected chi connectivity index (χ3v) is 1.14. The molecule has 0 spiro atoms. The second kappa shape index (κ2) is 5.10. The Morgan fingerprint density at radius 2 is 1.40 bits per heavy atom. The Kier molecular flexibility index (Phi) is 4.73. The van der Waals surface area contributed by atoms with Crippen LogP contribution in [0.2, 0.25) is 0 Å². The Balaban J connectivity index is 3.98. The van der Waals surface area contributed by atoms with Crippen LogP contribution in [0.4, 0.5) is 0 Å². The van der Waals surface area contributed by atoms with Gasteiger partial charge in [0.05, 0.1) is 6.04 Å². The van der Waals surface area contributed by atoms with Crippen molar-refractivity contribution in [3.63, 3.8) is 0 Å². The van der Waals surface area contributed by atoms with Crippen molar-refractivity contribution in [1.29, 1.82) is 0 Å². The lowest BCUT2D eigenvalue weighted by Crippen LogP contribution is -2.10. The molecule has 0 rings (SSSR count). The molecule has 0 heterocycles. The van der Waals surface area contributed by atoms with E-state index >= 15 is 0 Å². The SMILES string of the molecule is CC=CN(C=CC)[C](C)C. The van der Waals surface area contributed by atoms with Gasteiger partial charge in [0, 0.05) is 0 Å². The summed E-state index contributed by atoms with van der Waals surface area (Å²) in [4.78, 5) is 2.08. The van der Waals surface area contributed by atoms with Crippen LogP contribution in [0.1, 0.15) is 27.7 Å². The second-order valence-electron chi connectivity index (χ2n) is 2.32. The lowest BCUT2D eigenvalue weighted by atomic mass is 10.3. The summed E-state index contributed by atoms with van der Waals surface area (Å²) in [6, 6.07) is 1.27. The van der Waals surface area contributed by atoms with Gasteiger partial charge in [0.15, 0.2) is 0 Å². The highest BCUT2D eigenvalue weighted by molar-refractivity contribution is 4.97. The minimum Gasteiger partial charge on any atom is -0.347 e. The second-order valence-corrected chi connectivity index (χ2v) is 2.32. The Morgan fingerprint density at radius 1 is 1.00 bits per heavy atom. The van der Waals surface area contributed by atoms with Gasteiger partial charge in [0.1, 0.15) is 0 Å². The van der Waals surface area contributed by atoms with Gasteiger partial charge in [-0.25, -0.2) is 0 Å².